The third kappa shape index (κ3) is 3.40. The third-order valence-electron chi connectivity index (χ3n) is 3.88. The molecule has 3 nitrogen and oxygen atoms in total. The van der Waals surface area contributed by atoms with E-state index in [0.717, 1.165) is 28.1 Å². The molecule has 1 heterocycles. The van der Waals surface area contributed by atoms with Gasteiger partial charge in [0.15, 0.2) is 0 Å². The zero-order valence-corrected chi connectivity index (χ0v) is 13.5. The van der Waals surface area contributed by atoms with Crippen LogP contribution in [0.2, 0.25) is 0 Å². The Morgan fingerprint density at radius 1 is 0.640 bits per heavy atom. The van der Waals surface area contributed by atoms with Gasteiger partial charge in [-0.25, -0.2) is 4.99 Å². The first kappa shape index (κ1) is 15.1. The van der Waals surface area contributed by atoms with E-state index in [-0.39, 0.29) is 0 Å². The van der Waals surface area contributed by atoms with Crippen LogP contribution >= 0.6 is 0 Å². The van der Waals surface area contributed by atoms with E-state index in [2.05, 4.69) is 22.3 Å². The summed E-state index contributed by atoms with van der Waals surface area (Å²) in [5, 5.41) is 4.35. The molecule has 0 atom stereocenters. The van der Waals surface area contributed by atoms with E-state index in [1.807, 2.05) is 84.9 Å². The van der Waals surface area contributed by atoms with Gasteiger partial charge in [-0.1, -0.05) is 84.0 Å². The molecule has 0 radical (unpaired) electrons. The number of rotatable bonds is 3. The Morgan fingerprint density at radius 3 is 1.84 bits per heavy atom. The van der Waals surface area contributed by atoms with Crippen molar-refractivity contribution in [2.45, 2.75) is 0 Å². The van der Waals surface area contributed by atoms with Gasteiger partial charge in [-0.05, 0) is 17.7 Å². The molecule has 0 aliphatic heterocycles. The molecule has 0 aliphatic rings. The van der Waals surface area contributed by atoms with Crippen LogP contribution in [0, 0.1) is 0 Å². The van der Waals surface area contributed by atoms with Gasteiger partial charge < -0.3 is 4.52 Å². The Morgan fingerprint density at radius 2 is 1.20 bits per heavy atom. The molecule has 120 valence electrons. The van der Waals surface area contributed by atoms with Crippen molar-refractivity contribution in [3.05, 3.63) is 103 Å². The lowest BCUT2D eigenvalue weighted by Crippen LogP contribution is -2.04. The number of hydrogen-bond acceptors (Lipinski definition) is 3. The summed E-state index contributed by atoms with van der Waals surface area (Å²) in [7, 11) is 0. The summed E-state index contributed by atoms with van der Waals surface area (Å²) >= 11 is 0. The molecule has 4 aromatic rings. The van der Waals surface area contributed by atoms with Crippen molar-refractivity contribution in [2.24, 2.45) is 4.99 Å². The largest absolute Gasteiger partial charge is 0.336 e. The van der Waals surface area contributed by atoms with Gasteiger partial charge in [-0.3, -0.25) is 0 Å². The molecule has 0 fully saturated rings. The summed E-state index contributed by atoms with van der Waals surface area (Å²) in [4.78, 5) is 4.53. The summed E-state index contributed by atoms with van der Waals surface area (Å²) in [6.07, 6.45) is 0. The molecular formula is C22H16N2O. The third-order valence-corrected chi connectivity index (χ3v) is 3.88. The molecule has 0 saturated carbocycles. The minimum Gasteiger partial charge on any atom is -0.336 e. The average molecular weight is 324 g/mol. The summed E-state index contributed by atoms with van der Waals surface area (Å²) in [5.41, 5.74) is 5.20. The van der Waals surface area contributed by atoms with Gasteiger partial charge in [0.25, 0.3) is 0 Å². The van der Waals surface area contributed by atoms with E-state index in [9.17, 15) is 0 Å². The Labute approximate surface area is 145 Å². The van der Waals surface area contributed by atoms with Crippen LogP contribution in [0.3, 0.4) is 0 Å². The van der Waals surface area contributed by atoms with E-state index in [4.69, 9.17) is 4.52 Å². The Bertz CT molecular complexity index is 1020. The van der Waals surface area contributed by atoms with Crippen LogP contribution < -0.4 is 5.55 Å². The van der Waals surface area contributed by atoms with Crippen LogP contribution in [0.25, 0.3) is 22.4 Å². The van der Waals surface area contributed by atoms with Crippen molar-refractivity contribution in [1.82, 2.24) is 5.16 Å². The second-order valence-corrected chi connectivity index (χ2v) is 5.61. The quantitative estimate of drug-likeness (QED) is 0.517. The van der Waals surface area contributed by atoms with Crippen LogP contribution in [-0.2, 0) is 0 Å². The summed E-state index contributed by atoms with van der Waals surface area (Å²) in [6.45, 7) is 0. The molecule has 0 bridgehead atoms. The highest BCUT2D eigenvalue weighted by atomic mass is 16.5. The van der Waals surface area contributed by atoms with E-state index < -0.39 is 0 Å². The normalized spacial score (nSPS) is 11.4. The summed E-state index contributed by atoms with van der Waals surface area (Å²) in [6, 6.07) is 31.9. The second-order valence-electron chi connectivity index (χ2n) is 5.61. The van der Waals surface area contributed by atoms with Crippen LogP contribution in [0.5, 0.6) is 0 Å². The van der Waals surface area contributed by atoms with Gasteiger partial charge >= 0.3 is 0 Å². The van der Waals surface area contributed by atoms with Crippen molar-refractivity contribution in [3.63, 3.8) is 0 Å². The smallest absolute Gasteiger partial charge is 0.249 e. The topological polar surface area (TPSA) is 38.4 Å². The van der Waals surface area contributed by atoms with Crippen LogP contribution in [-0.4, -0.2) is 5.16 Å². The van der Waals surface area contributed by atoms with Crippen LogP contribution in [0.15, 0.2) is 107 Å². The molecule has 0 spiro atoms. The molecule has 0 unspecified atom stereocenters. The number of benzene rings is 3. The Balaban J connectivity index is 1.91. The average Bonchev–Trinajstić information content (AvgIpc) is 2.70. The van der Waals surface area contributed by atoms with Gasteiger partial charge in [0.05, 0.1) is 5.69 Å². The van der Waals surface area contributed by atoms with E-state index >= 15 is 0 Å². The lowest BCUT2D eigenvalue weighted by Gasteiger charge is -2.07. The zero-order chi connectivity index (χ0) is 16.9. The first-order valence-corrected chi connectivity index (χ1v) is 8.12. The molecule has 0 aliphatic carbocycles. The highest BCUT2D eigenvalue weighted by molar-refractivity contribution is 5.79. The fraction of sp³-hybridized carbons (Fsp3) is 0. The molecule has 3 aromatic carbocycles. The Kier molecular flexibility index (Phi) is 4.21. The van der Waals surface area contributed by atoms with Crippen molar-refractivity contribution in [1.29, 1.82) is 0 Å². The zero-order valence-electron chi connectivity index (χ0n) is 13.5. The highest BCUT2D eigenvalue weighted by Gasteiger charge is 2.10. The van der Waals surface area contributed by atoms with Crippen molar-refractivity contribution in [2.75, 3.05) is 0 Å². The molecular weight excluding hydrogens is 308 g/mol. The van der Waals surface area contributed by atoms with E-state index in [1.165, 1.54) is 0 Å². The van der Waals surface area contributed by atoms with Gasteiger partial charge in [-0.2, -0.15) is 0 Å². The fourth-order valence-electron chi connectivity index (χ4n) is 2.68. The van der Waals surface area contributed by atoms with Crippen LogP contribution in [0.4, 0.5) is 5.69 Å². The van der Waals surface area contributed by atoms with Gasteiger partial charge in [0, 0.05) is 17.2 Å². The van der Waals surface area contributed by atoms with Gasteiger partial charge in [-0.15, -0.1) is 0 Å². The monoisotopic (exact) mass is 324 g/mol. The van der Waals surface area contributed by atoms with Crippen molar-refractivity contribution in [3.8, 4) is 22.4 Å². The first-order valence-electron chi connectivity index (χ1n) is 8.12. The fourth-order valence-corrected chi connectivity index (χ4v) is 2.68. The minimum atomic E-state index is 0.477. The maximum absolute atomic E-state index is 5.56. The number of para-hydroxylation sites is 1. The lowest BCUT2D eigenvalue weighted by atomic mass is 10.0. The molecule has 1 aromatic heterocycles. The van der Waals surface area contributed by atoms with Crippen molar-refractivity contribution < 1.29 is 4.52 Å². The van der Waals surface area contributed by atoms with Crippen molar-refractivity contribution >= 4 is 5.69 Å². The molecule has 3 heteroatoms. The second kappa shape index (κ2) is 6.97. The standard InChI is InChI=1S/C22H16N2O/c1-4-10-17(11-5-1)20-16-21(23-19-14-8-3-9-15-19)25-24-22(20)18-12-6-2-7-13-18/h1-16H. The van der Waals surface area contributed by atoms with Gasteiger partial charge in [0.1, 0.15) is 5.69 Å². The molecule has 0 saturated heterocycles. The summed E-state index contributed by atoms with van der Waals surface area (Å²) in [5.74, 6) is 0. The lowest BCUT2D eigenvalue weighted by molar-refractivity contribution is 0.365. The number of aromatic nitrogens is 1. The molecule has 4 rings (SSSR count). The number of hydrogen-bond donors (Lipinski definition) is 0. The molecule has 25 heavy (non-hydrogen) atoms. The van der Waals surface area contributed by atoms with Gasteiger partial charge in [0.2, 0.25) is 5.55 Å². The maximum atomic E-state index is 5.56. The predicted octanol–water partition coefficient (Wildman–Crippen LogP) is 5.24. The molecule has 0 amide bonds. The number of nitrogens with zero attached hydrogens (tertiary/aromatic N) is 2. The predicted molar refractivity (Wildman–Crippen MR) is 99.0 cm³/mol. The Hall–Kier alpha value is -3.46. The molecule has 0 N–H and O–H groups in total. The minimum absolute atomic E-state index is 0.477. The first-order chi connectivity index (χ1) is 12.4. The SMILES string of the molecule is c1ccc(N=c2cc(-c3ccccc3)c(-c3ccccc3)no2)cc1. The van der Waals surface area contributed by atoms with E-state index in [1.54, 1.807) is 0 Å². The maximum Gasteiger partial charge on any atom is 0.249 e. The van der Waals surface area contributed by atoms with E-state index in [0.29, 0.717) is 5.55 Å². The van der Waals surface area contributed by atoms with Crippen LogP contribution in [0.1, 0.15) is 0 Å². The summed E-state index contributed by atoms with van der Waals surface area (Å²) < 4.78 is 5.56. The highest BCUT2D eigenvalue weighted by Crippen LogP contribution is 2.28.